The Labute approximate surface area is 102 Å². The molecule has 0 radical (unpaired) electrons. The lowest BCUT2D eigenvalue weighted by molar-refractivity contribution is 0.118. The Hall–Kier alpha value is -0.450. The third-order valence-electron chi connectivity index (χ3n) is 2.50. The van der Waals surface area contributed by atoms with Crippen LogP contribution < -0.4 is 5.73 Å². The fraction of sp³-hybridized carbons (Fsp3) is 0.750. The van der Waals surface area contributed by atoms with Crippen molar-refractivity contribution in [2.24, 2.45) is 5.73 Å². The molecule has 0 bridgehead atoms. The molecule has 3 nitrogen and oxygen atoms in total. The minimum atomic E-state index is 0.0692. The lowest BCUT2D eigenvalue weighted by Crippen LogP contribution is -2.16. The number of nitrogens with two attached hydrogens (primary N) is 1. The number of rotatable bonds is 4. The summed E-state index contributed by atoms with van der Waals surface area (Å²) in [6.45, 7) is 9.14. The highest BCUT2D eigenvalue weighted by atomic mass is 32.1. The molecule has 16 heavy (non-hydrogen) atoms. The van der Waals surface area contributed by atoms with Gasteiger partial charge < -0.3 is 10.5 Å². The van der Waals surface area contributed by atoms with Gasteiger partial charge in [0, 0.05) is 30.4 Å². The molecule has 0 aliphatic heterocycles. The highest BCUT2D eigenvalue weighted by Gasteiger charge is 2.22. The van der Waals surface area contributed by atoms with Gasteiger partial charge in [0.05, 0.1) is 16.8 Å². The summed E-state index contributed by atoms with van der Waals surface area (Å²) in [5.74, 6) is 0. The number of hydrogen-bond donors (Lipinski definition) is 1. The van der Waals surface area contributed by atoms with Gasteiger partial charge in [-0.1, -0.05) is 20.8 Å². The smallest absolute Gasteiger partial charge is 0.0957 e. The van der Waals surface area contributed by atoms with Crippen LogP contribution in [0.1, 0.15) is 43.3 Å². The summed E-state index contributed by atoms with van der Waals surface area (Å²) in [6.07, 6.45) is 1.08. The molecule has 2 N–H and O–H groups in total. The number of hydrogen-bond acceptors (Lipinski definition) is 4. The van der Waals surface area contributed by atoms with Crippen molar-refractivity contribution in [1.29, 1.82) is 0 Å². The normalized spacial score (nSPS) is 14.1. The Morgan fingerprint density at radius 2 is 2.06 bits per heavy atom. The van der Waals surface area contributed by atoms with Crippen LogP contribution >= 0.6 is 11.3 Å². The highest BCUT2D eigenvalue weighted by molar-refractivity contribution is 7.11. The van der Waals surface area contributed by atoms with Gasteiger partial charge in [0.15, 0.2) is 0 Å². The maximum Gasteiger partial charge on any atom is 0.0957 e. The molecule has 0 saturated heterocycles. The molecule has 0 aliphatic rings. The summed E-state index contributed by atoms with van der Waals surface area (Å²) in [5.41, 5.74) is 6.97. The van der Waals surface area contributed by atoms with Crippen LogP contribution in [0, 0.1) is 0 Å². The SMILES string of the molecule is COC(C)Cc1nc(C(C)(C)C)c(CN)s1. The molecule has 0 fully saturated rings. The molecule has 0 aliphatic carbocycles. The summed E-state index contributed by atoms with van der Waals surface area (Å²) in [7, 11) is 1.73. The molecular formula is C12H22N2OS. The van der Waals surface area contributed by atoms with E-state index in [-0.39, 0.29) is 11.5 Å². The van der Waals surface area contributed by atoms with Gasteiger partial charge in [-0.3, -0.25) is 0 Å². The fourth-order valence-corrected chi connectivity index (χ4v) is 2.81. The molecular weight excluding hydrogens is 220 g/mol. The molecule has 0 saturated carbocycles. The second kappa shape index (κ2) is 5.25. The lowest BCUT2D eigenvalue weighted by atomic mass is 9.91. The van der Waals surface area contributed by atoms with E-state index in [9.17, 15) is 0 Å². The maximum absolute atomic E-state index is 5.76. The molecule has 92 valence electrons. The predicted octanol–water partition coefficient (Wildman–Crippen LogP) is 2.48. The fourth-order valence-electron chi connectivity index (χ4n) is 1.54. The van der Waals surface area contributed by atoms with Crippen molar-refractivity contribution >= 4 is 11.3 Å². The van der Waals surface area contributed by atoms with E-state index in [1.807, 2.05) is 0 Å². The Morgan fingerprint density at radius 3 is 2.44 bits per heavy atom. The van der Waals surface area contributed by atoms with Crippen LogP contribution in [-0.2, 0) is 23.1 Å². The number of thiazole rings is 1. The maximum atomic E-state index is 5.76. The molecule has 4 heteroatoms. The van der Waals surface area contributed by atoms with Crippen molar-refractivity contribution in [3.05, 3.63) is 15.6 Å². The van der Waals surface area contributed by atoms with Crippen LogP contribution in [0.3, 0.4) is 0 Å². The number of methoxy groups -OCH3 is 1. The Kier molecular flexibility index (Phi) is 4.47. The standard InChI is InChI=1S/C12H22N2OS/c1-8(15-5)6-10-14-11(12(2,3)4)9(7-13)16-10/h8H,6-7,13H2,1-5H3. The summed E-state index contributed by atoms with van der Waals surface area (Å²) < 4.78 is 5.26. The van der Waals surface area contributed by atoms with Crippen LogP contribution in [0.4, 0.5) is 0 Å². The van der Waals surface area contributed by atoms with Crippen molar-refractivity contribution in [2.45, 2.75) is 52.2 Å². The molecule has 1 heterocycles. The Balaban J connectivity index is 2.94. The van der Waals surface area contributed by atoms with Gasteiger partial charge in [0.1, 0.15) is 0 Å². The summed E-state index contributed by atoms with van der Waals surface area (Å²) in [4.78, 5) is 5.90. The third-order valence-corrected chi connectivity index (χ3v) is 3.60. The van der Waals surface area contributed by atoms with Crippen LogP contribution in [0.15, 0.2) is 0 Å². The first kappa shape index (κ1) is 13.6. The van der Waals surface area contributed by atoms with Gasteiger partial charge in [0.2, 0.25) is 0 Å². The van der Waals surface area contributed by atoms with Gasteiger partial charge in [-0.2, -0.15) is 0 Å². The van der Waals surface area contributed by atoms with Crippen molar-refractivity contribution in [3.63, 3.8) is 0 Å². The third kappa shape index (κ3) is 3.27. The summed E-state index contributed by atoms with van der Waals surface area (Å²) in [5, 5.41) is 1.12. The summed E-state index contributed by atoms with van der Waals surface area (Å²) in [6, 6.07) is 0. The monoisotopic (exact) mass is 242 g/mol. The average Bonchev–Trinajstić information content (AvgIpc) is 2.60. The zero-order chi connectivity index (χ0) is 12.3. The van der Waals surface area contributed by atoms with Gasteiger partial charge in [-0.05, 0) is 6.92 Å². The lowest BCUT2D eigenvalue weighted by Gasteiger charge is -2.17. The zero-order valence-corrected chi connectivity index (χ0v) is 11.6. The van der Waals surface area contributed by atoms with Crippen molar-refractivity contribution in [2.75, 3.05) is 7.11 Å². The van der Waals surface area contributed by atoms with E-state index in [4.69, 9.17) is 15.5 Å². The Morgan fingerprint density at radius 1 is 1.44 bits per heavy atom. The zero-order valence-electron chi connectivity index (χ0n) is 10.8. The number of nitrogens with zero attached hydrogens (tertiary/aromatic N) is 1. The Bertz CT molecular complexity index is 341. The topological polar surface area (TPSA) is 48.1 Å². The van der Waals surface area contributed by atoms with E-state index in [0.717, 1.165) is 17.1 Å². The minimum Gasteiger partial charge on any atom is -0.381 e. The number of ether oxygens (including phenoxy) is 1. The van der Waals surface area contributed by atoms with Crippen LogP contribution in [0.25, 0.3) is 0 Å². The molecule has 1 aromatic heterocycles. The minimum absolute atomic E-state index is 0.0692. The van der Waals surface area contributed by atoms with E-state index in [1.54, 1.807) is 18.4 Å². The van der Waals surface area contributed by atoms with Crippen LogP contribution in [-0.4, -0.2) is 18.2 Å². The predicted molar refractivity (Wildman–Crippen MR) is 68.9 cm³/mol. The largest absolute Gasteiger partial charge is 0.381 e. The van der Waals surface area contributed by atoms with Crippen molar-refractivity contribution in [3.8, 4) is 0 Å². The summed E-state index contributed by atoms with van der Waals surface area (Å²) >= 11 is 1.71. The quantitative estimate of drug-likeness (QED) is 0.882. The van der Waals surface area contributed by atoms with Gasteiger partial charge in [-0.15, -0.1) is 11.3 Å². The van der Waals surface area contributed by atoms with Gasteiger partial charge in [0.25, 0.3) is 0 Å². The second-order valence-electron chi connectivity index (χ2n) is 5.08. The van der Waals surface area contributed by atoms with E-state index in [2.05, 4.69) is 27.7 Å². The molecule has 0 aromatic carbocycles. The van der Waals surface area contributed by atoms with Gasteiger partial charge in [-0.25, -0.2) is 4.98 Å². The first-order valence-corrected chi connectivity index (χ1v) is 6.42. The first-order valence-electron chi connectivity index (χ1n) is 5.60. The molecule has 1 unspecified atom stereocenters. The molecule has 0 spiro atoms. The second-order valence-corrected chi connectivity index (χ2v) is 6.25. The van der Waals surface area contributed by atoms with E-state index in [0.29, 0.717) is 6.54 Å². The van der Waals surface area contributed by atoms with Crippen LogP contribution in [0.5, 0.6) is 0 Å². The van der Waals surface area contributed by atoms with E-state index >= 15 is 0 Å². The first-order chi connectivity index (χ1) is 7.38. The highest BCUT2D eigenvalue weighted by Crippen LogP contribution is 2.29. The molecule has 1 rings (SSSR count). The van der Waals surface area contributed by atoms with Crippen LogP contribution in [0.2, 0.25) is 0 Å². The van der Waals surface area contributed by atoms with Crippen molar-refractivity contribution in [1.82, 2.24) is 4.98 Å². The molecule has 0 amide bonds. The average molecular weight is 242 g/mol. The van der Waals surface area contributed by atoms with Gasteiger partial charge >= 0.3 is 0 Å². The van der Waals surface area contributed by atoms with Crippen molar-refractivity contribution < 1.29 is 4.74 Å². The molecule has 1 atom stereocenters. The molecule has 1 aromatic rings. The van der Waals surface area contributed by atoms with E-state index in [1.165, 1.54) is 4.88 Å². The number of aromatic nitrogens is 1. The van der Waals surface area contributed by atoms with E-state index < -0.39 is 0 Å².